The Balaban J connectivity index is 1.60. The minimum atomic E-state index is -0.441. The first-order chi connectivity index (χ1) is 11.2. The largest absolute Gasteiger partial charge is 0.494 e. The number of hydrogen-bond donors (Lipinski definition) is 1. The number of carbonyl (C=O) groups excluding carboxylic acids is 1. The highest BCUT2D eigenvalue weighted by Gasteiger charge is 2.10. The molecule has 1 aromatic rings. The van der Waals surface area contributed by atoms with Gasteiger partial charge in [0.2, 0.25) is 5.91 Å². The maximum Gasteiger partial charge on any atom is 0.224 e. The molecule has 0 aromatic heterocycles. The smallest absolute Gasteiger partial charge is 0.224 e. The van der Waals surface area contributed by atoms with Gasteiger partial charge < -0.3 is 14.8 Å². The standard InChI is InChI=1S/C17H25FN2O3/c1-22-16-5-4-14(12-15(16)18)13-17(21)19-6-2-3-7-20-8-10-23-11-9-20/h4-5,12H,2-3,6-11,13H2,1H3,(H,19,21). The number of nitrogens with one attached hydrogen (secondary N) is 1. The number of ether oxygens (including phenoxy) is 2. The van der Waals surface area contributed by atoms with Gasteiger partial charge in [-0.2, -0.15) is 0 Å². The third kappa shape index (κ3) is 6.15. The second kappa shape index (κ2) is 9.47. The fourth-order valence-electron chi connectivity index (χ4n) is 2.58. The molecular formula is C17H25FN2O3. The molecule has 0 spiro atoms. The van der Waals surface area contributed by atoms with Crippen molar-refractivity contribution in [2.24, 2.45) is 0 Å². The number of halogens is 1. The van der Waals surface area contributed by atoms with Gasteiger partial charge in [-0.15, -0.1) is 0 Å². The molecule has 1 aromatic carbocycles. The van der Waals surface area contributed by atoms with E-state index in [0.29, 0.717) is 12.1 Å². The molecule has 23 heavy (non-hydrogen) atoms. The van der Waals surface area contributed by atoms with E-state index < -0.39 is 5.82 Å². The molecule has 1 heterocycles. The van der Waals surface area contributed by atoms with Crippen LogP contribution in [0.5, 0.6) is 5.75 Å². The number of rotatable bonds is 8. The van der Waals surface area contributed by atoms with Gasteiger partial charge in [-0.3, -0.25) is 9.69 Å². The molecule has 1 N–H and O–H groups in total. The van der Waals surface area contributed by atoms with Gasteiger partial charge in [0.25, 0.3) is 0 Å². The highest BCUT2D eigenvalue weighted by Crippen LogP contribution is 2.17. The van der Waals surface area contributed by atoms with E-state index in [-0.39, 0.29) is 18.1 Å². The van der Waals surface area contributed by atoms with Crippen LogP contribution in [0.4, 0.5) is 4.39 Å². The minimum absolute atomic E-state index is 0.0825. The molecule has 1 saturated heterocycles. The van der Waals surface area contributed by atoms with Gasteiger partial charge in [0.05, 0.1) is 26.7 Å². The lowest BCUT2D eigenvalue weighted by molar-refractivity contribution is -0.120. The second-order valence-corrected chi connectivity index (χ2v) is 5.66. The second-order valence-electron chi connectivity index (χ2n) is 5.66. The number of amides is 1. The Labute approximate surface area is 136 Å². The summed E-state index contributed by atoms with van der Waals surface area (Å²) in [5.41, 5.74) is 0.647. The number of hydrogen-bond acceptors (Lipinski definition) is 4. The predicted molar refractivity (Wildman–Crippen MR) is 86.2 cm³/mol. The lowest BCUT2D eigenvalue weighted by Gasteiger charge is -2.26. The fourth-order valence-corrected chi connectivity index (χ4v) is 2.58. The van der Waals surface area contributed by atoms with Crippen LogP contribution in [-0.2, 0) is 16.0 Å². The van der Waals surface area contributed by atoms with Crippen LogP contribution in [0, 0.1) is 5.82 Å². The number of morpholine rings is 1. The average molecular weight is 324 g/mol. The van der Waals surface area contributed by atoms with E-state index >= 15 is 0 Å². The van der Waals surface area contributed by atoms with Crippen LogP contribution in [0.3, 0.4) is 0 Å². The molecule has 0 unspecified atom stereocenters. The van der Waals surface area contributed by atoms with Crippen LogP contribution in [0.25, 0.3) is 0 Å². The van der Waals surface area contributed by atoms with Gasteiger partial charge >= 0.3 is 0 Å². The number of carbonyl (C=O) groups is 1. The normalized spacial score (nSPS) is 15.4. The zero-order chi connectivity index (χ0) is 16.5. The zero-order valence-corrected chi connectivity index (χ0v) is 13.6. The van der Waals surface area contributed by atoms with E-state index in [9.17, 15) is 9.18 Å². The molecule has 1 amide bonds. The zero-order valence-electron chi connectivity index (χ0n) is 13.6. The van der Waals surface area contributed by atoms with Gasteiger partial charge in [-0.05, 0) is 37.1 Å². The van der Waals surface area contributed by atoms with Crippen molar-refractivity contribution >= 4 is 5.91 Å². The van der Waals surface area contributed by atoms with Crippen molar-refractivity contribution < 1.29 is 18.7 Å². The summed E-state index contributed by atoms with van der Waals surface area (Å²) in [6.45, 7) is 5.32. The van der Waals surface area contributed by atoms with E-state index in [1.807, 2.05) is 0 Å². The Morgan fingerprint density at radius 1 is 1.35 bits per heavy atom. The first-order valence-electron chi connectivity index (χ1n) is 8.08. The van der Waals surface area contributed by atoms with Crippen molar-refractivity contribution in [3.8, 4) is 5.75 Å². The van der Waals surface area contributed by atoms with Crippen LogP contribution in [0.15, 0.2) is 18.2 Å². The molecular weight excluding hydrogens is 299 g/mol. The highest BCUT2D eigenvalue weighted by atomic mass is 19.1. The van der Waals surface area contributed by atoms with Crippen molar-refractivity contribution in [1.29, 1.82) is 0 Å². The molecule has 0 atom stereocenters. The predicted octanol–water partition coefficient (Wildman–Crippen LogP) is 1.61. The Bertz CT molecular complexity index is 505. The summed E-state index contributed by atoms with van der Waals surface area (Å²) in [7, 11) is 1.42. The SMILES string of the molecule is COc1ccc(CC(=O)NCCCCN2CCOCC2)cc1F. The van der Waals surface area contributed by atoms with Gasteiger partial charge in [-0.1, -0.05) is 6.07 Å². The van der Waals surface area contributed by atoms with Crippen molar-refractivity contribution in [2.45, 2.75) is 19.3 Å². The van der Waals surface area contributed by atoms with Gasteiger partial charge in [0.1, 0.15) is 0 Å². The van der Waals surface area contributed by atoms with Crippen molar-refractivity contribution in [2.75, 3.05) is 46.5 Å². The molecule has 0 bridgehead atoms. The van der Waals surface area contributed by atoms with Crippen LogP contribution < -0.4 is 10.1 Å². The molecule has 5 nitrogen and oxygen atoms in total. The Kier molecular flexibility index (Phi) is 7.29. The summed E-state index contributed by atoms with van der Waals surface area (Å²) < 4.78 is 23.7. The number of nitrogens with zero attached hydrogens (tertiary/aromatic N) is 1. The van der Waals surface area contributed by atoms with E-state index in [0.717, 1.165) is 45.7 Å². The molecule has 2 rings (SSSR count). The number of methoxy groups -OCH3 is 1. The molecule has 1 aliphatic rings. The van der Waals surface area contributed by atoms with E-state index in [1.165, 1.54) is 13.2 Å². The van der Waals surface area contributed by atoms with Crippen LogP contribution in [0.1, 0.15) is 18.4 Å². The monoisotopic (exact) mass is 324 g/mol. The third-order valence-corrected chi connectivity index (χ3v) is 3.91. The molecule has 6 heteroatoms. The lowest BCUT2D eigenvalue weighted by atomic mass is 10.1. The summed E-state index contributed by atoms with van der Waals surface area (Å²) in [5.74, 6) is -0.332. The average Bonchev–Trinajstić information content (AvgIpc) is 2.56. The molecule has 0 radical (unpaired) electrons. The first kappa shape index (κ1) is 17.7. The summed E-state index contributed by atoms with van der Waals surface area (Å²) in [5, 5.41) is 2.88. The Hall–Kier alpha value is -1.66. The van der Waals surface area contributed by atoms with Crippen molar-refractivity contribution in [3.05, 3.63) is 29.6 Å². The van der Waals surface area contributed by atoms with E-state index in [2.05, 4.69) is 10.2 Å². The van der Waals surface area contributed by atoms with Crippen molar-refractivity contribution in [1.82, 2.24) is 10.2 Å². The van der Waals surface area contributed by atoms with Crippen LogP contribution in [0.2, 0.25) is 0 Å². The highest BCUT2D eigenvalue weighted by molar-refractivity contribution is 5.78. The maximum absolute atomic E-state index is 13.6. The lowest BCUT2D eigenvalue weighted by Crippen LogP contribution is -2.37. The third-order valence-electron chi connectivity index (χ3n) is 3.91. The quantitative estimate of drug-likeness (QED) is 0.738. The Morgan fingerprint density at radius 2 is 2.13 bits per heavy atom. The first-order valence-corrected chi connectivity index (χ1v) is 8.08. The fraction of sp³-hybridized carbons (Fsp3) is 0.588. The molecule has 0 aliphatic carbocycles. The maximum atomic E-state index is 13.6. The Morgan fingerprint density at radius 3 is 2.83 bits per heavy atom. The summed E-state index contributed by atoms with van der Waals surface area (Å²) in [6, 6.07) is 4.59. The molecule has 1 aliphatic heterocycles. The molecule has 1 fully saturated rings. The van der Waals surface area contributed by atoms with Gasteiger partial charge in [0, 0.05) is 19.6 Å². The minimum Gasteiger partial charge on any atom is -0.494 e. The molecule has 0 saturated carbocycles. The topological polar surface area (TPSA) is 50.8 Å². The van der Waals surface area contributed by atoms with Gasteiger partial charge in [0.15, 0.2) is 11.6 Å². The summed E-state index contributed by atoms with van der Waals surface area (Å²) in [6.07, 6.45) is 2.18. The summed E-state index contributed by atoms with van der Waals surface area (Å²) >= 11 is 0. The summed E-state index contributed by atoms with van der Waals surface area (Å²) in [4.78, 5) is 14.2. The number of unbranched alkanes of at least 4 members (excludes halogenated alkanes) is 1. The van der Waals surface area contributed by atoms with Crippen molar-refractivity contribution in [3.63, 3.8) is 0 Å². The van der Waals surface area contributed by atoms with Crippen LogP contribution >= 0.6 is 0 Å². The van der Waals surface area contributed by atoms with Crippen LogP contribution in [-0.4, -0.2) is 57.3 Å². The number of benzene rings is 1. The molecule has 128 valence electrons. The van der Waals surface area contributed by atoms with Gasteiger partial charge in [-0.25, -0.2) is 4.39 Å². The van der Waals surface area contributed by atoms with E-state index in [4.69, 9.17) is 9.47 Å². The van der Waals surface area contributed by atoms with E-state index in [1.54, 1.807) is 12.1 Å².